The van der Waals surface area contributed by atoms with Gasteiger partial charge in [-0.05, 0) is 67.6 Å². The predicted molar refractivity (Wildman–Crippen MR) is 121 cm³/mol. The second kappa shape index (κ2) is 9.98. The molecule has 6 nitrogen and oxygen atoms in total. The molecule has 0 spiro atoms. The van der Waals surface area contributed by atoms with Crippen molar-refractivity contribution >= 4 is 21.6 Å². The lowest BCUT2D eigenvalue weighted by Gasteiger charge is -2.32. The minimum atomic E-state index is -3.67. The number of sulfonamides is 1. The quantitative estimate of drug-likeness (QED) is 0.647. The average molecular weight is 433 g/mol. The Balaban J connectivity index is 2.36. The zero-order chi connectivity index (χ0) is 22.5. The number of methoxy groups -OCH3 is 1. The lowest BCUT2D eigenvalue weighted by Crippen LogP contribution is -2.50. The van der Waals surface area contributed by atoms with E-state index in [1.807, 2.05) is 58.0 Å². The number of benzene rings is 2. The van der Waals surface area contributed by atoms with E-state index in [1.54, 1.807) is 19.2 Å². The molecular formula is C23H32N2O4S. The van der Waals surface area contributed by atoms with Gasteiger partial charge in [-0.25, -0.2) is 8.42 Å². The van der Waals surface area contributed by atoms with Crippen LogP contribution in [0.25, 0.3) is 0 Å². The highest BCUT2D eigenvalue weighted by Gasteiger charge is 2.32. The van der Waals surface area contributed by atoms with Crippen molar-refractivity contribution in [1.29, 1.82) is 0 Å². The summed E-state index contributed by atoms with van der Waals surface area (Å²) in [6.07, 6.45) is 2.17. The van der Waals surface area contributed by atoms with Crippen molar-refractivity contribution < 1.29 is 17.9 Å². The Bertz CT molecular complexity index is 951. The zero-order valence-corrected chi connectivity index (χ0v) is 19.4. The van der Waals surface area contributed by atoms with Gasteiger partial charge in [0.2, 0.25) is 15.9 Å². The summed E-state index contributed by atoms with van der Waals surface area (Å²) in [4.78, 5) is 13.2. The summed E-state index contributed by atoms with van der Waals surface area (Å²) < 4.78 is 31.8. The van der Waals surface area contributed by atoms with E-state index in [4.69, 9.17) is 4.74 Å². The van der Waals surface area contributed by atoms with Crippen molar-refractivity contribution in [1.82, 2.24) is 5.32 Å². The summed E-state index contributed by atoms with van der Waals surface area (Å²) in [6, 6.07) is 12.0. The average Bonchev–Trinajstić information content (AvgIpc) is 2.68. The Morgan fingerprint density at radius 3 is 2.03 bits per heavy atom. The molecule has 164 valence electrons. The number of anilines is 1. The third-order valence-corrected chi connectivity index (χ3v) is 6.21. The first-order chi connectivity index (χ1) is 14.1. The molecule has 0 heterocycles. The van der Waals surface area contributed by atoms with Crippen LogP contribution in [0.4, 0.5) is 5.69 Å². The fourth-order valence-corrected chi connectivity index (χ4v) is 4.86. The monoisotopic (exact) mass is 432 g/mol. The van der Waals surface area contributed by atoms with E-state index in [2.05, 4.69) is 5.32 Å². The van der Waals surface area contributed by atoms with Crippen LogP contribution in [0.1, 0.15) is 49.4 Å². The van der Waals surface area contributed by atoms with Gasteiger partial charge in [0.15, 0.2) is 0 Å². The Hall–Kier alpha value is -2.54. The molecule has 1 N–H and O–H groups in total. The van der Waals surface area contributed by atoms with Gasteiger partial charge in [0.25, 0.3) is 0 Å². The number of aryl methyl sites for hydroxylation is 2. The van der Waals surface area contributed by atoms with Crippen molar-refractivity contribution in [3.05, 3.63) is 59.2 Å². The summed E-state index contributed by atoms with van der Waals surface area (Å²) in [5, 5.41) is 3.04. The van der Waals surface area contributed by atoms with Crippen LogP contribution in [0.2, 0.25) is 0 Å². The lowest BCUT2D eigenvalue weighted by atomic mass is 10.0. The van der Waals surface area contributed by atoms with E-state index in [0.29, 0.717) is 18.5 Å². The Morgan fingerprint density at radius 2 is 1.60 bits per heavy atom. The molecule has 2 aromatic carbocycles. The number of hydrogen-bond acceptors (Lipinski definition) is 4. The second-order valence-corrected chi connectivity index (χ2v) is 9.43. The first-order valence-corrected chi connectivity index (χ1v) is 12.0. The van der Waals surface area contributed by atoms with Gasteiger partial charge in [-0.3, -0.25) is 9.10 Å². The SMILES string of the molecule is CC[C@@H](NC(=O)[C@H](CC)N(c1cc(C)cc(C)c1)S(C)(=O)=O)c1ccc(OC)cc1. The van der Waals surface area contributed by atoms with E-state index in [-0.39, 0.29) is 11.9 Å². The van der Waals surface area contributed by atoms with Gasteiger partial charge >= 0.3 is 0 Å². The van der Waals surface area contributed by atoms with E-state index >= 15 is 0 Å². The molecule has 0 aliphatic heterocycles. The van der Waals surface area contributed by atoms with Gasteiger partial charge in [0.1, 0.15) is 11.8 Å². The summed E-state index contributed by atoms with van der Waals surface area (Å²) in [7, 11) is -2.06. The minimum absolute atomic E-state index is 0.224. The van der Waals surface area contributed by atoms with Crippen LogP contribution in [-0.2, 0) is 14.8 Å². The van der Waals surface area contributed by atoms with Gasteiger partial charge in [-0.1, -0.05) is 32.0 Å². The minimum Gasteiger partial charge on any atom is -0.497 e. The molecule has 7 heteroatoms. The van der Waals surface area contributed by atoms with Gasteiger partial charge < -0.3 is 10.1 Å². The summed E-state index contributed by atoms with van der Waals surface area (Å²) in [6.45, 7) is 7.62. The van der Waals surface area contributed by atoms with Crippen LogP contribution >= 0.6 is 0 Å². The Labute approximate surface area is 180 Å². The number of carbonyl (C=O) groups excluding carboxylic acids is 1. The number of carbonyl (C=O) groups is 1. The van der Waals surface area contributed by atoms with E-state index in [0.717, 1.165) is 28.7 Å². The van der Waals surface area contributed by atoms with Crippen LogP contribution in [0, 0.1) is 13.8 Å². The van der Waals surface area contributed by atoms with E-state index < -0.39 is 16.1 Å². The molecule has 0 aliphatic rings. The number of ether oxygens (including phenoxy) is 1. The molecule has 0 saturated heterocycles. The second-order valence-electron chi connectivity index (χ2n) is 7.57. The third-order valence-electron chi connectivity index (χ3n) is 5.03. The van der Waals surface area contributed by atoms with Crippen LogP contribution in [0.15, 0.2) is 42.5 Å². The third kappa shape index (κ3) is 5.75. The first-order valence-electron chi connectivity index (χ1n) is 10.1. The fourth-order valence-electron chi connectivity index (χ4n) is 3.66. The molecule has 1 amide bonds. The summed E-state index contributed by atoms with van der Waals surface area (Å²) in [5.41, 5.74) is 3.34. The van der Waals surface area contributed by atoms with Crippen molar-refractivity contribution in [3.63, 3.8) is 0 Å². The highest BCUT2D eigenvalue weighted by atomic mass is 32.2. The van der Waals surface area contributed by atoms with Crippen molar-refractivity contribution in [2.75, 3.05) is 17.7 Å². The topological polar surface area (TPSA) is 75.7 Å². The Kier molecular flexibility index (Phi) is 7.89. The highest BCUT2D eigenvalue weighted by molar-refractivity contribution is 7.92. The largest absolute Gasteiger partial charge is 0.497 e. The zero-order valence-electron chi connectivity index (χ0n) is 18.6. The maximum atomic E-state index is 13.2. The van der Waals surface area contributed by atoms with E-state index in [9.17, 15) is 13.2 Å². The van der Waals surface area contributed by atoms with Gasteiger partial charge in [-0.15, -0.1) is 0 Å². The smallest absolute Gasteiger partial charge is 0.244 e. The standard InChI is InChI=1S/C23H32N2O4S/c1-7-21(18-9-11-20(29-5)12-10-18)24-23(26)22(8-2)25(30(6,27)28)19-14-16(3)13-17(4)15-19/h9-15,21-22H,7-8H2,1-6H3,(H,24,26)/t21-,22+/m1/s1. The molecule has 0 saturated carbocycles. The highest BCUT2D eigenvalue weighted by Crippen LogP contribution is 2.26. The predicted octanol–water partition coefficient (Wildman–Crippen LogP) is 4.12. The normalized spacial score (nSPS) is 13.4. The molecule has 0 aliphatic carbocycles. The molecule has 2 aromatic rings. The summed E-state index contributed by atoms with van der Waals surface area (Å²) in [5.74, 6) is 0.425. The lowest BCUT2D eigenvalue weighted by molar-refractivity contribution is -0.123. The molecule has 0 unspecified atom stereocenters. The fraction of sp³-hybridized carbons (Fsp3) is 0.435. The van der Waals surface area contributed by atoms with Crippen LogP contribution in [-0.4, -0.2) is 33.7 Å². The van der Waals surface area contributed by atoms with Crippen LogP contribution in [0.5, 0.6) is 5.75 Å². The number of nitrogens with one attached hydrogen (secondary N) is 1. The van der Waals surface area contributed by atoms with Gasteiger partial charge in [-0.2, -0.15) is 0 Å². The molecule has 0 aromatic heterocycles. The summed E-state index contributed by atoms with van der Waals surface area (Å²) >= 11 is 0. The Morgan fingerprint density at radius 1 is 1.03 bits per heavy atom. The van der Waals surface area contributed by atoms with Crippen molar-refractivity contribution in [2.24, 2.45) is 0 Å². The molecule has 0 radical (unpaired) electrons. The van der Waals surface area contributed by atoms with Crippen molar-refractivity contribution in [2.45, 2.75) is 52.6 Å². The maximum Gasteiger partial charge on any atom is 0.244 e. The van der Waals surface area contributed by atoms with E-state index in [1.165, 1.54) is 4.31 Å². The first kappa shape index (κ1) is 23.7. The van der Waals surface area contributed by atoms with Crippen molar-refractivity contribution in [3.8, 4) is 5.75 Å². The number of rotatable bonds is 9. The van der Waals surface area contributed by atoms with Gasteiger partial charge in [0, 0.05) is 0 Å². The number of hydrogen-bond donors (Lipinski definition) is 1. The van der Waals surface area contributed by atoms with Crippen LogP contribution in [0.3, 0.4) is 0 Å². The molecule has 2 atom stereocenters. The number of nitrogens with zero attached hydrogens (tertiary/aromatic N) is 1. The number of amides is 1. The molecule has 30 heavy (non-hydrogen) atoms. The maximum absolute atomic E-state index is 13.2. The molecular weight excluding hydrogens is 400 g/mol. The van der Waals surface area contributed by atoms with Gasteiger partial charge in [0.05, 0.1) is 25.1 Å². The molecule has 0 fully saturated rings. The van der Waals surface area contributed by atoms with Crippen LogP contribution < -0.4 is 14.4 Å². The molecule has 0 bridgehead atoms. The molecule has 2 rings (SSSR count).